The van der Waals surface area contributed by atoms with Gasteiger partial charge >= 0.3 is 6.18 Å². The van der Waals surface area contributed by atoms with E-state index in [1.54, 1.807) is 36.5 Å². The van der Waals surface area contributed by atoms with Crippen LogP contribution in [0.25, 0.3) is 10.9 Å². The summed E-state index contributed by atoms with van der Waals surface area (Å²) in [6, 6.07) is 14.5. The van der Waals surface area contributed by atoms with E-state index in [0.717, 1.165) is 17.5 Å². The molecule has 1 aromatic heterocycles. The summed E-state index contributed by atoms with van der Waals surface area (Å²) in [6.07, 6.45) is -2.89. The van der Waals surface area contributed by atoms with Gasteiger partial charge in [-0.25, -0.2) is 0 Å². The van der Waals surface area contributed by atoms with Gasteiger partial charge in [-0.05, 0) is 48.5 Å². The molecule has 0 saturated heterocycles. The summed E-state index contributed by atoms with van der Waals surface area (Å²) >= 11 is 0. The molecule has 4 rings (SSSR count). The summed E-state index contributed by atoms with van der Waals surface area (Å²) < 4.78 is 39.1. The molecule has 0 aliphatic carbocycles. The van der Waals surface area contributed by atoms with Gasteiger partial charge in [0.15, 0.2) is 0 Å². The first-order valence-electron chi connectivity index (χ1n) is 10.4. The third-order valence-electron chi connectivity index (χ3n) is 5.15. The van der Waals surface area contributed by atoms with E-state index in [1.165, 1.54) is 24.3 Å². The molecule has 0 radical (unpaired) electrons. The first-order chi connectivity index (χ1) is 16.7. The molecular weight excluding hydrogens is 463 g/mol. The van der Waals surface area contributed by atoms with Crippen LogP contribution in [-0.2, 0) is 11.0 Å². The predicted molar refractivity (Wildman–Crippen MR) is 124 cm³/mol. The highest BCUT2D eigenvalue weighted by Crippen LogP contribution is 2.32. The lowest BCUT2D eigenvalue weighted by Gasteiger charge is -2.18. The number of rotatable bonds is 7. The minimum absolute atomic E-state index is 0.0787. The smallest absolute Gasteiger partial charge is 0.394 e. The number of aliphatic hydroxyl groups is 1. The fourth-order valence-electron chi connectivity index (χ4n) is 3.39. The van der Waals surface area contributed by atoms with E-state index in [4.69, 9.17) is 0 Å². The summed E-state index contributed by atoms with van der Waals surface area (Å²) in [5.41, 5.74) is 0.731. The number of aromatic amines is 1. The van der Waals surface area contributed by atoms with Gasteiger partial charge in [0.05, 0.1) is 35.1 Å². The highest BCUT2D eigenvalue weighted by molar-refractivity contribution is 6.04. The van der Waals surface area contributed by atoms with Gasteiger partial charge in [-0.2, -0.15) is 18.3 Å². The Kier molecular flexibility index (Phi) is 6.69. The molecule has 0 saturated carbocycles. The zero-order valence-corrected chi connectivity index (χ0v) is 18.1. The van der Waals surface area contributed by atoms with Crippen molar-refractivity contribution in [2.75, 3.05) is 17.2 Å². The Morgan fingerprint density at radius 1 is 1.00 bits per heavy atom. The molecule has 1 heterocycles. The highest BCUT2D eigenvalue weighted by Gasteiger charge is 2.30. The number of H-pyrrole nitrogens is 1. The van der Waals surface area contributed by atoms with Crippen molar-refractivity contribution in [3.8, 4) is 0 Å². The van der Waals surface area contributed by atoms with E-state index < -0.39 is 36.2 Å². The van der Waals surface area contributed by atoms with Gasteiger partial charge in [-0.1, -0.05) is 18.2 Å². The van der Waals surface area contributed by atoms with Crippen molar-refractivity contribution in [3.63, 3.8) is 0 Å². The molecule has 0 unspecified atom stereocenters. The Morgan fingerprint density at radius 2 is 1.80 bits per heavy atom. The molecule has 0 aliphatic rings. The molecule has 11 heteroatoms. The van der Waals surface area contributed by atoms with Gasteiger partial charge in [-0.3, -0.25) is 14.7 Å². The minimum Gasteiger partial charge on any atom is -0.394 e. The standard InChI is InChI=1S/C24H20F3N5O3/c25-24(26,27)15-4-3-5-16(10-15)29-19-7-2-1-6-18(19)22(34)31-21(13-33)23(35)30-17-9-8-14-12-28-32-20(14)11-17/h1-12,21,29,33H,13H2,(H,28,32)(H,30,35)(H,31,34)/t21-/m0/s1. The second-order valence-corrected chi connectivity index (χ2v) is 7.62. The Balaban J connectivity index is 1.48. The van der Waals surface area contributed by atoms with Crippen LogP contribution >= 0.6 is 0 Å². The molecule has 8 nitrogen and oxygen atoms in total. The molecule has 2 amide bonds. The molecule has 4 aromatic rings. The fraction of sp³-hybridized carbons (Fsp3) is 0.125. The average molecular weight is 483 g/mol. The summed E-state index contributed by atoms with van der Waals surface area (Å²) in [7, 11) is 0. The van der Waals surface area contributed by atoms with Crippen molar-refractivity contribution in [3.05, 3.63) is 84.1 Å². The van der Waals surface area contributed by atoms with Crippen molar-refractivity contribution >= 4 is 39.8 Å². The topological polar surface area (TPSA) is 119 Å². The number of para-hydroxylation sites is 1. The van der Waals surface area contributed by atoms with E-state index in [9.17, 15) is 27.9 Å². The van der Waals surface area contributed by atoms with Gasteiger partial charge in [0.2, 0.25) is 5.91 Å². The maximum absolute atomic E-state index is 13.0. The lowest BCUT2D eigenvalue weighted by atomic mass is 10.1. The van der Waals surface area contributed by atoms with Crippen molar-refractivity contribution < 1.29 is 27.9 Å². The number of anilines is 3. The van der Waals surface area contributed by atoms with E-state index >= 15 is 0 Å². The number of carbonyl (C=O) groups excluding carboxylic acids is 2. The quantitative estimate of drug-likeness (QED) is 0.272. The highest BCUT2D eigenvalue weighted by atomic mass is 19.4. The van der Waals surface area contributed by atoms with E-state index in [-0.39, 0.29) is 16.9 Å². The number of fused-ring (bicyclic) bond motifs is 1. The van der Waals surface area contributed by atoms with Gasteiger partial charge < -0.3 is 21.1 Å². The summed E-state index contributed by atoms with van der Waals surface area (Å²) in [5, 5.41) is 25.1. The number of nitrogens with one attached hydrogen (secondary N) is 4. The Labute approximate surface area is 197 Å². The maximum atomic E-state index is 13.0. The van der Waals surface area contributed by atoms with E-state index in [2.05, 4.69) is 26.1 Å². The molecule has 0 spiro atoms. The average Bonchev–Trinajstić information content (AvgIpc) is 3.30. The van der Waals surface area contributed by atoms with E-state index in [1.807, 2.05) is 0 Å². The summed E-state index contributed by atoms with van der Waals surface area (Å²) in [4.78, 5) is 25.6. The predicted octanol–water partition coefficient (Wildman–Crippen LogP) is 4.05. The van der Waals surface area contributed by atoms with Crippen LogP contribution in [0.3, 0.4) is 0 Å². The third-order valence-corrected chi connectivity index (χ3v) is 5.15. The third kappa shape index (κ3) is 5.58. The first kappa shape index (κ1) is 23.8. The zero-order valence-electron chi connectivity index (χ0n) is 18.1. The Morgan fingerprint density at radius 3 is 2.57 bits per heavy atom. The van der Waals surface area contributed by atoms with Crippen molar-refractivity contribution in [1.82, 2.24) is 15.5 Å². The van der Waals surface area contributed by atoms with Crippen LogP contribution in [0.1, 0.15) is 15.9 Å². The second kappa shape index (κ2) is 9.85. The largest absolute Gasteiger partial charge is 0.416 e. The molecule has 180 valence electrons. The lowest BCUT2D eigenvalue weighted by molar-refractivity contribution is -0.137. The van der Waals surface area contributed by atoms with Gasteiger partial charge in [0, 0.05) is 16.8 Å². The minimum atomic E-state index is -4.52. The molecule has 5 N–H and O–H groups in total. The number of hydrogen-bond acceptors (Lipinski definition) is 5. The first-order valence-corrected chi connectivity index (χ1v) is 10.4. The van der Waals surface area contributed by atoms with Crippen LogP contribution < -0.4 is 16.0 Å². The molecular formula is C24H20F3N5O3. The number of halogens is 3. The second-order valence-electron chi connectivity index (χ2n) is 7.62. The molecule has 0 bridgehead atoms. The Bertz CT molecular complexity index is 1370. The van der Waals surface area contributed by atoms with Gasteiger partial charge in [-0.15, -0.1) is 0 Å². The number of nitrogens with zero attached hydrogens (tertiary/aromatic N) is 1. The summed E-state index contributed by atoms with van der Waals surface area (Å²) in [5.74, 6) is -1.35. The Hall–Kier alpha value is -4.38. The maximum Gasteiger partial charge on any atom is 0.416 e. The van der Waals surface area contributed by atoms with Crippen molar-refractivity contribution in [2.24, 2.45) is 0 Å². The van der Waals surface area contributed by atoms with Crippen LogP contribution in [0.2, 0.25) is 0 Å². The fourth-order valence-corrected chi connectivity index (χ4v) is 3.39. The van der Waals surface area contributed by atoms with Crippen LogP contribution in [-0.4, -0.2) is 39.8 Å². The number of carbonyl (C=O) groups is 2. The molecule has 0 aliphatic heterocycles. The number of aliphatic hydroxyl groups excluding tert-OH is 1. The monoisotopic (exact) mass is 483 g/mol. The van der Waals surface area contributed by atoms with Crippen LogP contribution in [0.5, 0.6) is 0 Å². The van der Waals surface area contributed by atoms with Gasteiger partial charge in [0.25, 0.3) is 5.91 Å². The van der Waals surface area contributed by atoms with E-state index in [0.29, 0.717) is 11.2 Å². The van der Waals surface area contributed by atoms with Crippen molar-refractivity contribution in [2.45, 2.75) is 12.2 Å². The zero-order chi connectivity index (χ0) is 25.0. The lowest BCUT2D eigenvalue weighted by Crippen LogP contribution is -2.46. The summed E-state index contributed by atoms with van der Waals surface area (Å²) in [6.45, 7) is -0.674. The normalized spacial score (nSPS) is 12.2. The molecule has 3 aromatic carbocycles. The van der Waals surface area contributed by atoms with Crippen LogP contribution in [0.15, 0.2) is 72.9 Å². The van der Waals surface area contributed by atoms with Crippen LogP contribution in [0.4, 0.5) is 30.2 Å². The number of hydrogen-bond donors (Lipinski definition) is 5. The van der Waals surface area contributed by atoms with Crippen molar-refractivity contribution in [1.29, 1.82) is 0 Å². The number of alkyl halides is 3. The van der Waals surface area contributed by atoms with Crippen LogP contribution in [0, 0.1) is 0 Å². The number of aromatic nitrogens is 2. The number of benzene rings is 3. The SMILES string of the molecule is O=C(N[C@@H](CO)C(=O)Nc1ccc2cn[nH]c2c1)c1ccccc1Nc1cccc(C(F)(F)F)c1. The van der Waals surface area contributed by atoms with Gasteiger partial charge in [0.1, 0.15) is 6.04 Å². The number of amides is 2. The molecule has 1 atom stereocenters. The molecule has 0 fully saturated rings. The molecule has 35 heavy (non-hydrogen) atoms.